The second-order valence-corrected chi connectivity index (χ2v) is 5.73. The molecule has 0 aliphatic heterocycles. The summed E-state index contributed by atoms with van der Waals surface area (Å²) in [6.45, 7) is 4.89. The predicted molar refractivity (Wildman–Crippen MR) is 84.2 cm³/mol. The maximum atomic E-state index is 5.72. The van der Waals surface area contributed by atoms with Crippen LogP contribution in [-0.4, -0.2) is 21.4 Å². The van der Waals surface area contributed by atoms with Crippen molar-refractivity contribution in [1.82, 2.24) is 9.88 Å². The summed E-state index contributed by atoms with van der Waals surface area (Å²) in [5, 5.41) is 2.10. The van der Waals surface area contributed by atoms with Crippen LogP contribution in [0.25, 0.3) is 0 Å². The van der Waals surface area contributed by atoms with Gasteiger partial charge in [0.2, 0.25) is 0 Å². The fraction of sp³-hybridized carbons (Fsp3) is 0.286. The molecule has 2 rings (SSSR count). The number of rotatable bonds is 6. The SMILES string of the molecule is CCN(Cc1cccs1)Cc1cccnc1C(N)=S. The molecule has 0 bridgehead atoms. The van der Waals surface area contributed by atoms with Crippen LogP contribution in [0, 0.1) is 0 Å². The molecular formula is C14H17N3S2. The van der Waals surface area contributed by atoms with Gasteiger partial charge in [-0.05, 0) is 29.6 Å². The van der Waals surface area contributed by atoms with Crippen LogP contribution in [0.4, 0.5) is 0 Å². The van der Waals surface area contributed by atoms with Crippen molar-refractivity contribution in [2.45, 2.75) is 20.0 Å². The van der Waals surface area contributed by atoms with Gasteiger partial charge in [-0.25, -0.2) is 0 Å². The maximum absolute atomic E-state index is 5.72. The van der Waals surface area contributed by atoms with E-state index in [1.54, 1.807) is 17.5 Å². The summed E-state index contributed by atoms with van der Waals surface area (Å²) in [6.07, 6.45) is 1.73. The zero-order valence-electron chi connectivity index (χ0n) is 10.9. The highest BCUT2D eigenvalue weighted by Crippen LogP contribution is 2.15. The fourth-order valence-corrected chi connectivity index (χ4v) is 2.86. The molecule has 2 heterocycles. The highest BCUT2D eigenvalue weighted by molar-refractivity contribution is 7.80. The lowest BCUT2D eigenvalue weighted by atomic mass is 10.1. The first-order valence-electron chi connectivity index (χ1n) is 6.19. The van der Waals surface area contributed by atoms with Gasteiger partial charge in [0, 0.05) is 24.2 Å². The predicted octanol–water partition coefficient (Wildman–Crippen LogP) is 2.80. The number of pyridine rings is 1. The van der Waals surface area contributed by atoms with Gasteiger partial charge in [0.15, 0.2) is 0 Å². The van der Waals surface area contributed by atoms with E-state index in [-0.39, 0.29) is 0 Å². The van der Waals surface area contributed by atoms with Crippen molar-refractivity contribution >= 4 is 28.5 Å². The Balaban J connectivity index is 2.12. The highest BCUT2D eigenvalue weighted by atomic mass is 32.1. The summed E-state index contributed by atoms with van der Waals surface area (Å²) in [4.78, 5) is 8.35. The van der Waals surface area contributed by atoms with Crippen LogP contribution in [0.2, 0.25) is 0 Å². The minimum Gasteiger partial charge on any atom is -0.388 e. The number of thiocarbonyl (C=S) groups is 1. The van der Waals surface area contributed by atoms with Gasteiger partial charge in [-0.15, -0.1) is 11.3 Å². The number of aromatic nitrogens is 1. The van der Waals surface area contributed by atoms with Crippen LogP contribution < -0.4 is 5.73 Å². The Labute approximate surface area is 123 Å². The Hall–Kier alpha value is -1.30. The Morgan fingerprint density at radius 2 is 2.21 bits per heavy atom. The van der Waals surface area contributed by atoms with Crippen LogP contribution in [0.5, 0.6) is 0 Å². The van der Waals surface area contributed by atoms with Gasteiger partial charge in [0.1, 0.15) is 10.7 Å². The molecule has 0 spiro atoms. The quantitative estimate of drug-likeness (QED) is 0.831. The molecule has 0 atom stereocenters. The summed E-state index contributed by atoms with van der Waals surface area (Å²) in [5.41, 5.74) is 7.55. The Bertz CT molecular complexity index is 537. The minimum absolute atomic E-state index is 0.364. The van der Waals surface area contributed by atoms with Gasteiger partial charge < -0.3 is 5.73 Å². The van der Waals surface area contributed by atoms with E-state index in [1.807, 2.05) is 12.1 Å². The second kappa shape index (κ2) is 6.75. The van der Waals surface area contributed by atoms with Crippen molar-refractivity contribution in [3.05, 3.63) is 52.0 Å². The third-order valence-electron chi connectivity index (χ3n) is 2.93. The summed E-state index contributed by atoms with van der Waals surface area (Å²) < 4.78 is 0. The molecule has 5 heteroatoms. The van der Waals surface area contributed by atoms with Crippen LogP contribution in [-0.2, 0) is 13.1 Å². The summed E-state index contributed by atoms with van der Waals surface area (Å²) in [5.74, 6) is 0. The molecule has 0 aromatic carbocycles. The van der Waals surface area contributed by atoms with Gasteiger partial charge >= 0.3 is 0 Å². The molecule has 0 amide bonds. The lowest BCUT2D eigenvalue weighted by Gasteiger charge is -2.20. The maximum Gasteiger partial charge on any atom is 0.123 e. The Morgan fingerprint density at radius 1 is 1.37 bits per heavy atom. The molecule has 2 aromatic heterocycles. The number of nitrogens with zero attached hydrogens (tertiary/aromatic N) is 2. The van der Waals surface area contributed by atoms with Crippen molar-refractivity contribution in [2.24, 2.45) is 5.73 Å². The lowest BCUT2D eigenvalue weighted by molar-refractivity contribution is 0.273. The molecule has 0 aliphatic carbocycles. The number of thiophene rings is 1. The average molecular weight is 291 g/mol. The first kappa shape index (κ1) is 14.1. The molecule has 0 fully saturated rings. The zero-order valence-corrected chi connectivity index (χ0v) is 12.5. The topological polar surface area (TPSA) is 42.2 Å². The summed E-state index contributed by atoms with van der Waals surface area (Å²) in [6, 6.07) is 8.21. The largest absolute Gasteiger partial charge is 0.388 e. The van der Waals surface area contributed by atoms with E-state index in [0.29, 0.717) is 4.99 Å². The van der Waals surface area contributed by atoms with E-state index in [2.05, 4.69) is 34.3 Å². The molecule has 19 heavy (non-hydrogen) atoms. The Kier molecular flexibility index (Phi) is 5.01. The molecule has 0 aliphatic rings. The van der Waals surface area contributed by atoms with Crippen LogP contribution in [0.15, 0.2) is 35.8 Å². The molecule has 0 saturated heterocycles. The average Bonchev–Trinajstić information content (AvgIpc) is 2.91. The second-order valence-electron chi connectivity index (χ2n) is 4.26. The molecule has 0 saturated carbocycles. The number of hydrogen-bond donors (Lipinski definition) is 1. The van der Waals surface area contributed by atoms with Crippen molar-refractivity contribution in [2.75, 3.05) is 6.54 Å². The van der Waals surface area contributed by atoms with Gasteiger partial charge in [-0.1, -0.05) is 31.3 Å². The van der Waals surface area contributed by atoms with E-state index >= 15 is 0 Å². The first-order valence-corrected chi connectivity index (χ1v) is 7.48. The summed E-state index contributed by atoms with van der Waals surface area (Å²) >= 11 is 6.83. The Morgan fingerprint density at radius 3 is 2.84 bits per heavy atom. The monoisotopic (exact) mass is 291 g/mol. The van der Waals surface area contributed by atoms with Crippen molar-refractivity contribution in [3.8, 4) is 0 Å². The van der Waals surface area contributed by atoms with Gasteiger partial charge in [0.05, 0.1) is 0 Å². The standard InChI is InChI=1S/C14H17N3S2/c1-2-17(10-12-6-4-8-19-12)9-11-5-3-7-16-13(11)14(15)18/h3-8H,2,9-10H2,1H3,(H2,15,18). The molecule has 0 unspecified atom stereocenters. The van der Waals surface area contributed by atoms with Crippen LogP contribution in [0.3, 0.4) is 0 Å². The molecule has 100 valence electrons. The number of nitrogens with two attached hydrogens (primary N) is 1. The minimum atomic E-state index is 0.364. The van der Waals surface area contributed by atoms with E-state index in [9.17, 15) is 0 Å². The summed E-state index contributed by atoms with van der Waals surface area (Å²) in [7, 11) is 0. The smallest absolute Gasteiger partial charge is 0.123 e. The molecule has 2 N–H and O–H groups in total. The molecule has 2 aromatic rings. The van der Waals surface area contributed by atoms with Gasteiger partial charge in [-0.2, -0.15) is 0 Å². The fourth-order valence-electron chi connectivity index (χ4n) is 1.93. The lowest BCUT2D eigenvalue weighted by Crippen LogP contribution is -2.24. The van der Waals surface area contributed by atoms with Crippen molar-refractivity contribution in [3.63, 3.8) is 0 Å². The molecular weight excluding hydrogens is 274 g/mol. The van der Waals surface area contributed by atoms with E-state index in [4.69, 9.17) is 18.0 Å². The van der Waals surface area contributed by atoms with E-state index < -0.39 is 0 Å². The van der Waals surface area contributed by atoms with E-state index in [0.717, 1.165) is 30.9 Å². The van der Waals surface area contributed by atoms with Gasteiger partial charge in [-0.3, -0.25) is 9.88 Å². The van der Waals surface area contributed by atoms with Crippen LogP contribution in [0.1, 0.15) is 23.1 Å². The van der Waals surface area contributed by atoms with Crippen molar-refractivity contribution in [1.29, 1.82) is 0 Å². The third kappa shape index (κ3) is 3.83. The van der Waals surface area contributed by atoms with Gasteiger partial charge in [0.25, 0.3) is 0 Å². The molecule has 3 nitrogen and oxygen atoms in total. The van der Waals surface area contributed by atoms with Crippen LogP contribution >= 0.6 is 23.6 Å². The van der Waals surface area contributed by atoms with E-state index in [1.165, 1.54) is 4.88 Å². The third-order valence-corrected chi connectivity index (χ3v) is 3.98. The van der Waals surface area contributed by atoms with Crippen molar-refractivity contribution < 1.29 is 0 Å². The molecule has 0 radical (unpaired) electrons. The first-order chi connectivity index (χ1) is 9.20. The zero-order chi connectivity index (χ0) is 13.7. The number of hydrogen-bond acceptors (Lipinski definition) is 4. The highest BCUT2D eigenvalue weighted by Gasteiger charge is 2.11. The normalized spacial score (nSPS) is 10.8.